The number of carbonyl (C=O) groups is 2. The number of para-hydroxylation sites is 2. The van der Waals surface area contributed by atoms with Crippen LogP contribution in [0.25, 0.3) is 0 Å². The van der Waals surface area contributed by atoms with E-state index in [9.17, 15) is 19.8 Å². The van der Waals surface area contributed by atoms with Gasteiger partial charge >= 0.3 is 0 Å². The molecule has 4 saturated carbocycles. The largest absolute Gasteiger partial charge is 0.485 e. The van der Waals surface area contributed by atoms with Crippen LogP contribution in [-0.4, -0.2) is 82.9 Å². The third-order valence-corrected chi connectivity index (χ3v) is 14.0. The fourth-order valence-corrected chi connectivity index (χ4v) is 11.4. The van der Waals surface area contributed by atoms with Gasteiger partial charge in [-0.05, 0) is 116 Å². The Balaban J connectivity index is 0.909. The van der Waals surface area contributed by atoms with Gasteiger partial charge in [0.25, 0.3) is 5.91 Å². The molecule has 1 saturated heterocycles. The van der Waals surface area contributed by atoms with Crippen LogP contribution in [0.5, 0.6) is 11.5 Å². The minimum Gasteiger partial charge on any atom is -0.485 e. The number of piperazine rings is 1. The standard InChI is InChI=1S/C37H54N2O6/c1-23(8-11-33(42)38-16-18-39(19-17-38)35(43)32-22-44-30-6-4-5-7-31(30)45-32)26-9-10-27-34-28(13-15-37(26,27)3)36(2)14-12-25(40)20-24(36)21-29(34)41/h4-7,23-29,32,34,40-41H,8-22H2,1-3H3/t23-,24+,25-,26-,27+,28+,29+,32+,34+,36+,37-/m1/s1. The van der Waals surface area contributed by atoms with Gasteiger partial charge in [-0.25, -0.2) is 0 Å². The maximum absolute atomic E-state index is 13.3. The van der Waals surface area contributed by atoms with E-state index in [0.29, 0.717) is 79.6 Å². The Labute approximate surface area is 268 Å². The highest BCUT2D eigenvalue weighted by Gasteiger charge is 2.62. The smallest absolute Gasteiger partial charge is 0.267 e. The van der Waals surface area contributed by atoms with Crippen LogP contribution in [0.3, 0.4) is 0 Å². The van der Waals surface area contributed by atoms with Crippen LogP contribution >= 0.6 is 0 Å². The van der Waals surface area contributed by atoms with E-state index in [-0.39, 0.29) is 41.5 Å². The highest BCUT2D eigenvalue weighted by atomic mass is 16.6. The zero-order chi connectivity index (χ0) is 31.5. The molecule has 4 aliphatic carbocycles. The minimum atomic E-state index is -0.649. The zero-order valence-corrected chi connectivity index (χ0v) is 27.5. The highest BCUT2D eigenvalue weighted by Crippen LogP contribution is 2.68. The lowest BCUT2D eigenvalue weighted by Gasteiger charge is -2.62. The fraction of sp³-hybridized carbons (Fsp3) is 0.784. The van der Waals surface area contributed by atoms with Crippen molar-refractivity contribution in [3.8, 4) is 11.5 Å². The average molecular weight is 623 g/mol. The number of nitrogens with zero attached hydrogens (tertiary/aromatic N) is 2. The molecule has 8 heteroatoms. The molecule has 6 aliphatic rings. The summed E-state index contributed by atoms with van der Waals surface area (Å²) in [5.74, 6) is 4.37. The maximum atomic E-state index is 13.3. The molecule has 0 bridgehead atoms. The first-order valence-electron chi connectivity index (χ1n) is 17.9. The summed E-state index contributed by atoms with van der Waals surface area (Å²) in [6, 6.07) is 7.42. The molecule has 0 aromatic heterocycles. The number of aliphatic hydroxyl groups excluding tert-OH is 2. The van der Waals surface area contributed by atoms with Crippen molar-refractivity contribution in [1.82, 2.24) is 9.80 Å². The second-order valence-corrected chi connectivity index (χ2v) is 16.0. The molecule has 0 unspecified atom stereocenters. The number of aliphatic hydroxyl groups is 2. The monoisotopic (exact) mass is 622 g/mol. The summed E-state index contributed by atoms with van der Waals surface area (Å²) in [6.45, 7) is 9.71. The van der Waals surface area contributed by atoms with Gasteiger partial charge in [-0.2, -0.15) is 0 Å². The van der Waals surface area contributed by atoms with Gasteiger partial charge in [0.15, 0.2) is 11.5 Å². The van der Waals surface area contributed by atoms with Crippen LogP contribution in [0.4, 0.5) is 0 Å². The summed E-state index contributed by atoms with van der Waals surface area (Å²) in [5, 5.41) is 21.9. The van der Waals surface area contributed by atoms with Crippen molar-refractivity contribution in [3.63, 3.8) is 0 Å². The Hall–Kier alpha value is -2.32. The van der Waals surface area contributed by atoms with Gasteiger partial charge in [0.2, 0.25) is 12.0 Å². The average Bonchev–Trinajstić information content (AvgIpc) is 3.41. The van der Waals surface area contributed by atoms with Crippen LogP contribution in [0.1, 0.15) is 85.0 Å². The maximum Gasteiger partial charge on any atom is 0.267 e. The van der Waals surface area contributed by atoms with E-state index in [1.165, 1.54) is 25.7 Å². The number of fused-ring (bicyclic) bond motifs is 6. The lowest BCUT2D eigenvalue weighted by molar-refractivity contribution is -0.174. The molecule has 2 aliphatic heterocycles. The van der Waals surface area contributed by atoms with Gasteiger partial charge in [-0.1, -0.05) is 32.9 Å². The number of ether oxygens (including phenoxy) is 2. The summed E-state index contributed by atoms with van der Waals surface area (Å²) < 4.78 is 11.7. The van der Waals surface area contributed by atoms with E-state index in [4.69, 9.17) is 9.47 Å². The van der Waals surface area contributed by atoms with Crippen LogP contribution in [0.15, 0.2) is 24.3 Å². The summed E-state index contributed by atoms with van der Waals surface area (Å²) in [7, 11) is 0. The Bertz CT molecular complexity index is 1270. The minimum absolute atomic E-state index is 0.0716. The van der Waals surface area contributed by atoms with Gasteiger partial charge in [0.05, 0.1) is 12.2 Å². The van der Waals surface area contributed by atoms with Crippen LogP contribution in [0.2, 0.25) is 0 Å². The SMILES string of the molecule is C[C@H](CCC(=O)N1CCN(C(=O)[C@@H]2COc3ccccc3O2)CC1)[C@H]1CC[C@H]2[C@@H]3[C@@H](O)C[C@@H]4C[C@H](O)CC[C@]4(C)[C@H]3CC[C@]12C. The molecular weight excluding hydrogens is 568 g/mol. The lowest BCUT2D eigenvalue weighted by Crippen LogP contribution is -2.58. The van der Waals surface area contributed by atoms with Gasteiger partial charge in [0, 0.05) is 32.6 Å². The summed E-state index contributed by atoms with van der Waals surface area (Å²) in [4.78, 5) is 30.2. The predicted molar refractivity (Wildman–Crippen MR) is 171 cm³/mol. The molecule has 5 fully saturated rings. The molecule has 1 aromatic carbocycles. The number of carbonyl (C=O) groups excluding carboxylic acids is 2. The summed E-state index contributed by atoms with van der Waals surface area (Å²) in [6.07, 6.45) is 8.86. The first-order valence-corrected chi connectivity index (χ1v) is 17.9. The van der Waals surface area contributed by atoms with Gasteiger partial charge < -0.3 is 29.5 Å². The molecule has 0 spiro atoms. The van der Waals surface area contributed by atoms with Crippen molar-refractivity contribution in [1.29, 1.82) is 0 Å². The molecule has 45 heavy (non-hydrogen) atoms. The van der Waals surface area contributed by atoms with Crippen LogP contribution in [0, 0.1) is 46.3 Å². The van der Waals surface area contributed by atoms with E-state index < -0.39 is 6.10 Å². The van der Waals surface area contributed by atoms with Crippen molar-refractivity contribution in [2.24, 2.45) is 46.3 Å². The Kier molecular flexibility index (Phi) is 8.37. The van der Waals surface area contributed by atoms with Gasteiger partial charge in [0.1, 0.15) is 6.61 Å². The normalized spacial score (nSPS) is 41.4. The molecule has 2 amide bonds. The van der Waals surface area contributed by atoms with Crippen molar-refractivity contribution >= 4 is 11.8 Å². The van der Waals surface area contributed by atoms with Crippen molar-refractivity contribution < 1.29 is 29.3 Å². The molecule has 2 heterocycles. The zero-order valence-electron chi connectivity index (χ0n) is 27.5. The quantitative estimate of drug-likeness (QED) is 0.485. The van der Waals surface area contributed by atoms with Gasteiger partial charge in [-0.3, -0.25) is 9.59 Å². The molecule has 1 aromatic rings. The number of hydrogen-bond acceptors (Lipinski definition) is 6. The predicted octanol–water partition coefficient (Wildman–Crippen LogP) is 4.90. The molecule has 7 rings (SSSR count). The van der Waals surface area contributed by atoms with Crippen molar-refractivity contribution in [2.45, 2.75) is 103 Å². The Morgan fingerprint density at radius 2 is 1.60 bits per heavy atom. The van der Waals surface area contributed by atoms with E-state index in [0.717, 1.165) is 32.1 Å². The van der Waals surface area contributed by atoms with Crippen molar-refractivity contribution in [3.05, 3.63) is 24.3 Å². The Morgan fingerprint density at radius 3 is 2.38 bits per heavy atom. The number of hydrogen-bond donors (Lipinski definition) is 2. The molecule has 2 N–H and O–H groups in total. The number of amides is 2. The highest BCUT2D eigenvalue weighted by molar-refractivity contribution is 5.82. The molecule has 8 nitrogen and oxygen atoms in total. The fourth-order valence-electron chi connectivity index (χ4n) is 11.4. The van der Waals surface area contributed by atoms with E-state index in [2.05, 4.69) is 20.8 Å². The van der Waals surface area contributed by atoms with E-state index >= 15 is 0 Å². The second-order valence-electron chi connectivity index (χ2n) is 16.0. The van der Waals surface area contributed by atoms with Gasteiger partial charge in [-0.15, -0.1) is 0 Å². The van der Waals surface area contributed by atoms with Crippen molar-refractivity contribution in [2.75, 3.05) is 32.8 Å². The molecule has 11 atom stereocenters. The Morgan fingerprint density at radius 1 is 0.911 bits per heavy atom. The number of rotatable bonds is 5. The third kappa shape index (κ3) is 5.46. The molecule has 0 radical (unpaired) electrons. The summed E-state index contributed by atoms with van der Waals surface area (Å²) >= 11 is 0. The van der Waals surface area contributed by atoms with E-state index in [1.807, 2.05) is 34.1 Å². The van der Waals surface area contributed by atoms with E-state index in [1.54, 1.807) is 0 Å². The molecule has 248 valence electrons. The third-order valence-electron chi connectivity index (χ3n) is 14.0. The van der Waals surface area contributed by atoms with Crippen LogP contribution in [-0.2, 0) is 9.59 Å². The summed E-state index contributed by atoms with van der Waals surface area (Å²) in [5.41, 5.74) is 0.469. The topological polar surface area (TPSA) is 99.5 Å². The second kappa shape index (κ2) is 12.0. The van der Waals surface area contributed by atoms with Crippen LogP contribution < -0.4 is 9.47 Å². The first kappa shape index (κ1) is 31.3. The first-order chi connectivity index (χ1) is 21.6. The molecular formula is C37H54N2O6. The number of benzene rings is 1. The lowest BCUT2D eigenvalue weighted by atomic mass is 9.43.